The molecule has 116 valence electrons. The molecule has 0 aromatic heterocycles. The van der Waals surface area contributed by atoms with Crippen molar-refractivity contribution in [2.45, 2.75) is 0 Å². The molecule has 3 N–H and O–H groups in total. The van der Waals surface area contributed by atoms with Crippen molar-refractivity contribution in [3.05, 3.63) is 29.8 Å². The molecule has 0 bridgehead atoms. The second-order valence-electron chi connectivity index (χ2n) is 4.44. The molecule has 0 spiro atoms. The average Bonchev–Trinajstić information content (AvgIpc) is 2.51. The van der Waals surface area contributed by atoms with Crippen molar-refractivity contribution in [2.24, 2.45) is 5.73 Å². The molecule has 0 amide bonds. The fraction of sp³-hybridized carbons (Fsp3) is 0.500. The van der Waals surface area contributed by atoms with Gasteiger partial charge >= 0.3 is 0 Å². The predicted molar refractivity (Wildman–Crippen MR) is 83.3 cm³/mol. The van der Waals surface area contributed by atoms with E-state index in [1.165, 1.54) is 0 Å². The molecule has 0 atom stereocenters. The van der Waals surface area contributed by atoms with Crippen LogP contribution in [0.4, 0.5) is 0 Å². The van der Waals surface area contributed by atoms with E-state index in [0.29, 0.717) is 26.3 Å². The van der Waals surface area contributed by atoms with Crippen molar-refractivity contribution in [1.29, 1.82) is 0 Å². The summed E-state index contributed by atoms with van der Waals surface area (Å²) in [5.74, 6) is 6.58. The molecule has 21 heavy (non-hydrogen) atoms. The zero-order chi connectivity index (χ0) is 15.3. The van der Waals surface area contributed by atoms with Gasteiger partial charge in [-0.3, -0.25) is 4.90 Å². The van der Waals surface area contributed by atoms with E-state index in [2.05, 4.69) is 16.7 Å². The molecule has 1 aromatic rings. The molecule has 0 fully saturated rings. The number of methoxy groups -OCH3 is 1. The van der Waals surface area contributed by atoms with E-state index in [4.69, 9.17) is 20.3 Å². The summed E-state index contributed by atoms with van der Waals surface area (Å²) < 4.78 is 10.8. The molecule has 0 radical (unpaired) electrons. The van der Waals surface area contributed by atoms with Crippen LogP contribution >= 0.6 is 0 Å². The Hall–Kier alpha value is -1.58. The number of benzene rings is 1. The van der Waals surface area contributed by atoms with Crippen LogP contribution < -0.4 is 10.5 Å². The quantitative estimate of drug-likeness (QED) is 0.642. The molecule has 5 nitrogen and oxygen atoms in total. The molecular formula is C16H24N2O3. The SMILES string of the molecule is COCCN(CCO)CCOc1cccc(C#CCN)c1. The molecular weight excluding hydrogens is 268 g/mol. The summed E-state index contributed by atoms with van der Waals surface area (Å²) in [7, 11) is 1.67. The lowest BCUT2D eigenvalue weighted by molar-refractivity contribution is 0.118. The van der Waals surface area contributed by atoms with E-state index in [1.54, 1.807) is 7.11 Å². The third-order valence-electron chi connectivity index (χ3n) is 2.87. The van der Waals surface area contributed by atoms with Crippen molar-refractivity contribution in [3.63, 3.8) is 0 Å². The molecule has 0 unspecified atom stereocenters. The lowest BCUT2D eigenvalue weighted by atomic mass is 10.2. The minimum absolute atomic E-state index is 0.133. The minimum Gasteiger partial charge on any atom is -0.492 e. The van der Waals surface area contributed by atoms with Gasteiger partial charge in [-0.1, -0.05) is 17.9 Å². The average molecular weight is 292 g/mol. The molecule has 0 aliphatic heterocycles. The van der Waals surface area contributed by atoms with Crippen LogP contribution in [0.25, 0.3) is 0 Å². The molecule has 0 heterocycles. The topological polar surface area (TPSA) is 68.0 Å². The predicted octanol–water partition coefficient (Wildman–Crippen LogP) is 0.316. The Kier molecular flexibility index (Phi) is 9.25. The number of hydrogen-bond donors (Lipinski definition) is 2. The summed E-state index contributed by atoms with van der Waals surface area (Å²) in [6.07, 6.45) is 0. The number of nitrogens with two attached hydrogens (primary N) is 1. The molecule has 0 saturated heterocycles. The lowest BCUT2D eigenvalue weighted by Crippen LogP contribution is -2.33. The Morgan fingerprint density at radius 3 is 2.76 bits per heavy atom. The normalized spacial score (nSPS) is 10.3. The zero-order valence-electron chi connectivity index (χ0n) is 12.5. The maximum absolute atomic E-state index is 9.02. The number of aliphatic hydroxyl groups is 1. The summed E-state index contributed by atoms with van der Waals surface area (Å²) in [4.78, 5) is 2.10. The van der Waals surface area contributed by atoms with Gasteiger partial charge in [0.1, 0.15) is 12.4 Å². The summed E-state index contributed by atoms with van der Waals surface area (Å²) in [5.41, 5.74) is 6.25. The molecule has 1 aromatic carbocycles. The highest BCUT2D eigenvalue weighted by molar-refractivity contribution is 5.39. The Morgan fingerprint density at radius 2 is 2.05 bits per heavy atom. The van der Waals surface area contributed by atoms with Crippen LogP contribution in [0.2, 0.25) is 0 Å². The number of ether oxygens (including phenoxy) is 2. The van der Waals surface area contributed by atoms with Gasteiger partial charge in [0.25, 0.3) is 0 Å². The van der Waals surface area contributed by atoms with E-state index in [1.807, 2.05) is 24.3 Å². The highest BCUT2D eigenvalue weighted by atomic mass is 16.5. The van der Waals surface area contributed by atoms with Crippen molar-refractivity contribution in [3.8, 4) is 17.6 Å². The molecule has 1 rings (SSSR count). The van der Waals surface area contributed by atoms with Crippen LogP contribution in [0.5, 0.6) is 5.75 Å². The molecule has 0 aliphatic carbocycles. The van der Waals surface area contributed by atoms with Crippen molar-refractivity contribution < 1.29 is 14.6 Å². The van der Waals surface area contributed by atoms with E-state index < -0.39 is 0 Å². The monoisotopic (exact) mass is 292 g/mol. The van der Waals surface area contributed by atoms with Gasteiger partial charge in [0.05, 0.1) is 19.8 Å². The third kappa shape index (κ3) is 7.69. The maximum Gasteiger partial charge on any atom is 0.120 e. The van der Waals surface area contributed by atoms with Crippen LogP contribution in [0.1, 0.15) is 5.56 Å². The fourth-order valence-corrected chi connectivity index (χ4v) is 1.81. The number of rotatable bonds is 9. The van der Waals surface area contributed by atoms with Crippen LogP contribution in [0.3, 0.4) is 0 Å². The largest absolute Gasteiger partial charge is 0.492 e. The summed E-state index contributed by atoms with van der Waals surface area (Å²) in [5, 5.41) is 9.02. The van der Waals surface area contributed by atoms with Crippen molar-refractivity contribution in [1.82, 2.24) is 4.90 Å². The highest BCUT2D eigenvalue weighted by Gasteiger charge is 2.04. The van der Waals surface area contributed by atoms with Crippen molar-refractivity contribution >= 4 is 0 Å². The van der Waals surface area contributed by atoms with Gasteiger partial charge in [-0.05, 0) is 18.2 Å². The first-order valence-corrected chi connectivity index (χ1v) is 7.04. The van der Waals surface area contributed by atoms with E-state index in [0.717, 1.165) is 24.4 Å². The van der Waals surface area contributed by atoms with Crippen LogP contribution in [0, 0.1) is 11.8 Å². The Balaban J connectivity index is 2.42. The van der Waals surface area contributed by atoms with Crippen LogP contribution in [-0.4, -0.2) is 63.1 Å². The van der Waals surface area contributed by atoms with Gasteiger partial charge in [0.2, 0.25) is 0 Å². The van der Waals surface area contributed by atoms with E-state index >= 15 is 0 Å². The minimum atomic E-state index is 0.133. The molecule has 0 aliphatic rings. The smallest absolute Gasteiger partial charge is 0.120 e. The molecule has 0 saturated carbocycles. The maximum atomic E-state index is 9.02. The van der Waals surface area contributed by atoms with Crippen LogP contribution in [-0.2, 0) is 4.74 Å². The van der Waals surface area contributed by atoms with Gasteiger partial charge in [-0.15, -0.1) is 0 Å². The Labute approximate surface area is 126 Å². The first-order chi connectivity index (χ1) is 10.3. The van der Waals surface area contributed by atoms with Gasteiger partial charge in [0.15, 0.2) is 0 Å². The zero-order valence-corrected chi connectivity index (χ0v) is 12.5. The number of aliphatic hydroxyl groups excluding tert-OH is 1. The van der Waals surface area contributed by atoms with Gasteiger partial charge in [-0.2, -0.15) is 0 Å². The second kappa shape index (κ2) is 11.1. The number of hydrogen-bond acceptors (Lipinski definition) is 5. The Bertz CT molecular complexity index is 454. The standard InChI is InChI=1S/C16H24N2O3/c1-20-12-9-18(8-11-19)10-13-21-16-6-2-4-15(14-16)5-3-7-17/h2,4,6,14,19H,7-13,17H2,1H3. The van der Waals surface area contributed by atoms with Gasteiger partial charge in [-0.25, -0.2) is 0 Å². The fourth-order valence-electron chi connectivity index (χ4n) is 1.81. The first kappa shape index (κ1) is 17.5. The highest BCUT2D eigenvalue weighted by Crippen LogP contribution is 2.12. The van der Waals surface area contributed by atoms with E-state index in [-0.39, 0.29) is 6.61 Å². The molecule has 5 heteroatoms. The van der Waals surface area contributed by atoms with Crippen molar-refractivity contribution in [2.75, 3.05) is 53.1 Å². The van der Waals surface area contributed by atoms with Gasteiger partial charge in [0, 0.05) is 32.3 Å². The summed E-state index contributed by atoms with van der Waals surface area (Å²) in [6.45, 7) is 3.82. The lowest BCUT2D eigenvalue weighted by Gasteiger charge is -2.20. The summed E-state index contributed by atoms with van der Waals surface area (Å²) >= 11 is 0. The third-order valence-corrected chi connectivity index (χ3v) is 2.87. The second-order valence-corrected chi connectivity index (χ2v) is 4.44. The van der Waals surface area contributed by atoms with Crippen LogP contribution in [0.15, 0.2) is 24.3 Å². The Morgan fingerprint density at radius 1 is 1.24 bits per heavy atom. The number of nitrogens with zero attached hydrogens (tertiary/aromatic N) is 1. The summed E-state index contributed by atoms with van der Waals surface area (Å²) in [6, 6.07) is 7.63. The van der Waals surface area contributed by atoms with E-state index in [9.17, 15) is 0 Å². The first-order valence-electron chi connectivity index (χ1n) is 7.04. The van der Waals surface area contributed by atoms with Gasteiger partial charge < -0.3 is 20.3 Å².